The third-order valence-electron chi connectivity index (χ3n) is 2.46. The van der Waals surface area contributed by atoms with Gasteiger partial charge in [0.05, 0.1) is 5.02 Å². The first-order valence-electron chi connectivity index (χ1n) is 5.52. The van der Waals surface area contributed by atoms with Crippen LogP contribution in [0.2, 0.25) is 5.02 Å². The second-order valence-electron chi connectivity index (χ2n) is 3.89. The average Bonchev–Trinajstić information content (AvgIpc) is 2.40. The maximum absolute atomic E-state index is 12.2. The Morgan fingerprint density at radius 3 is 2.25 bits per heavy atom. The quantitative estimate of drug-likeness (QED) is 0.782. The van der Waals surface area contributed by atoms with Crippen LogP contribution in [0.4, 0.5) is 13.2 Å². The van der Waals surface area contributed by atoms with Crippen LogP contribution < -0.4 is 4.74 Å². The van der Waals surface area contributed by atoms with Crippen molar-refractivity contribution in [2.75, 3.05) is 0 Å². The molecular weight excluding hydrogens is 293 g/mol. The fraction of sp³-hybridized carbons (Fsp3) is 0.0714. The van der Waals surface area contributed by atoms with Crippen LogP contribution in [0, 0.1) is 0 Å². The monoisotopic (exact) mass is 300 g/mol. The topological polar surface area (TPSA) is 26.3 Å². The number of hydrogen-bond donors (Lipinski definition) is 0. The molecule has 0 N–H and O–H groups in total. The van der Waals surface area contributed by atoms with E-state index >= 15 is 0 Å². The largest absolute Gasteiger partial charge is 0.573 e. The molecule has 0 saturated heterocycles. The van der Waals surface area contributed by atoms with Gasteiger partial charge in [0.25, 0.3) is 0 Å². The van der Waals surface area contributed by atoms with E-state index in [1.165, 1.54) is 12.1 Å². The molecule has 0 aliphatic rings. The van der Waals surface area contributed by atoms with E-state index < -0.39 is 17.9 Å². The zero-order chi connectivity index (χ0) is 14.8. The first-order valence-corrected chi connectivity index (χ1v) is 5.89. The van der Waals surface area contributed by atoms with Gasteiger partial charge in [-0.25, -0.2) is 0 Å². The van der Waals surface area contributed by atoms with Crippen molar-refractivity contribution in [1.29, 1.82) is 0 Å². The van der Waals surface area contributed by atoms with Gasteiger partial charge in [-0.1, -0.05) is 41.9 Å². The lowest BCUT2D eigenvalue weighted by Gasteiger charge is -2.11. The Morgan fingerprint density at radius 1 is 1.00 bits per heavy atom. The van der Waals surface area contributed by atoms with E-state index in [0.29, 0.717) is 5.56 Å². The van der Waals surface area contributed by atoms with Crippen LogP contribution in [-0.2, 0) is 0 Å². The summed E-state index contributed by atoms with van der Waals surface area (Å²) in [6.45, 7) is 0. The fourth-order valence-corrected chi connectivity index (χ4v) is 1.76. The lowest BCUT2D eigenvalue weighted by atomic mass is 10.0. The van der Waals surface area contributed by atoms with Crippen LogP contribution in [-0.4, -0.2) is 12.1 Å². The van der Waals surface area contributed by atoms with Gasteiger partial charge < -0.3 is 4.74 Å². The molecule has 104 valence electrons. The fourth-order valence-electron chi connectivity index (χ4n) is 1.60. The summed E-state index contributed by atoms with van der Waals surface area (Å²) in [5.74, 6) is -1.00. The van der Waals surface area contributed by atoms with Gasteiger partial charge in [0.1, 0.15) is 5.75 Å². The van der Waals surface area contributed by atoms with Crippen molar-refractivity contribution in [1.82, 2.24) is 0 Å². The van der Waals surface area contributed by atoms with E-state index in [2.05, 4.69) is 4.74 Å². The van der Waals surface area contributed by atoms with Crippen molar-refractivity contribution in [3.8, 4) is 5.75 Å². The first-order chi connectivity index (χ1) is 9.37. The van der Waals surface area contributed by atoms with Crippen molar-refractivity contribution < 1.29 is 22.7 Å². The summed E-state index contributed by atoms with van der Waals surface area (Å²) in [6.07, 6.45) is -4.86. The van der Waals surface area contributed by atoms with Crippen LogP contribution >= 0.6 is 11.6 Å². The number of benzene rings is 2. The predicted molar refractivity (Wildman–Crippen MR) is 68.0 cm³/mol. The molecule has 0 heterocycles. The van der Waals surface area contributed by atoms with Gasteiger partial charge >= 0.3 is 6.36 Å². The van der Waals surface area contributed by atoms with E-state index in [4.69, 9.17) is 11.6 Å². The van der Waals surface area contributed by atoms with Gasteiger partial charge in [-0.15, -0.1) is 13.2 Å². The molecule has 0 atom stereocenters. The van der Waals surface area contributed by atoms with Crippen LogP contribution in [0.3, 0.4) is 0 Å². The van der Waals surface area contributed by atoms with Gasteiger partial charge in [0, 0.05) is 11.1 Å². The Labute approximate surface area is 117 Å². The maximum Gasteiger partial charge on any atom is 0.573 e. The van der Waals surface area contributed by atoms with E-state index in [1.807, 2.05) is 0 Å². The Morgan fingerprint density at radius 2 is 1.65 bits per heavy atom. The third-order valence-corrected chi connectivity index (χ3v) is 2.77. The number of ether oxygens (including phenoxy) is 1. The smallest absolute Gasteiger partial charge is 0.404 e. The highest BCUT2D eigenvalue weighted by molar-refractivity contribution is 6.32. The number of carbonyl (C=O) groups is 1. The van der Waals surface area contributed by atoms with Crippen molar-refractivity contribution in [3.05, 3.63) is 64.7 Å². The molecule has 0 bridgehead atoms. The second kappa shape index (κ2) is 5.54. The molecule has 6 heteroatoms. The number of ketones is 1. The minimum atomic E-state index is -4.86. The molecule has 2 rings (SSSR count). The standard InChI is InChI=1S/C14H8ClF3O2/c15-11-7-6-10(8-12(11)20-14(16,17)18)13(19)9-4-2-1-3-5-9/h1-8H. The molecule has 2 nitrogen and oxygen atoms in total. The Balaban J connectivity index is 2.34. The van der Waals surface area contributed by atoms with Crippen LogP contribution in [0.15, 0.2) is 48.5 Å². The second-order valence-corrected chi connectivity index (χ2v) is 4.30. The van der Waals surface area contributed by atoms with E-state index in [0.717, 1.165) is 6.07 Å². The molecule has 2 aromatic rings. The molecule has 0 spiro atoms. The molecule has 0 unspecified atom stereocenters. The molecule has 0 radical (unpaired) electrons. The van der Waals surface area contributed by atoms with Gasteiger partial charge in [-0.3, -0.25) is 4.79 Å². The summed E-state index contributed by atoms with van der Waals surface area (Å²) in [5.41, 5.74) is 0.438. The van der Waals surface area contributed by atoms with Crippen LogP contribution in [0.25, 0.3) is 0 Å². The molecule has 0 amide bonds. The van der Waals surface area contributed by atoms with Crippen molar-refractivity contribution in [2.45, 2.75) is 6.36 Å². The van der Waals surface area contributed by atoms with Gasteiger partial charge in [-0.2, -0.15) is 0 Å². The normalized spacial score (nSPS) is 11.2. The summed E-state index contributed by atoms with van der Waals surface area (Å²) >= 11 is 5.62. The van der Waals surface area contributed by atoms with Crippen molar-refractivity contribution in [2.24, 2.45) is 0 Å². The highest BCUT2D eigenvalue weighted by Crippen LogP contribution is 2.31. The highest BCUT2D eigenvalue weighted by atomic mass is 35.5. The molecule has 0 saturated carbocycles. The summed E-state index contributed by atoms with van der Waals surface area (Å²) in [5, 5.41) is -0.216. The Hall–Kier alpha value is -2.01. The van der Waals surface area contributed by atoms with E-state index in [1.54, 1.807) is 30.3 Å². The zero-order valence-corrected chi connectivity index (χ0v) is 10.7. The number of halogens is 4. The Bertz CT molecular complexity index is 624. The first kappa shape index (κ1) is 14.4. The lowest BCUT2D eigenvalue weighted by Crippen LogP contribution is -2.17. The predicted octanol–water partition coefficient (Wildman–Crippen LogP) is 4.47. The molecule has 0 aromatic heterocycles. The van der Waals surface area contributed by atoms with Gasteiger partial charge in [0.15, 0.2) is 5.78 Å². The minimum absolute atomic E-state index is 0.0693. The summed E-state index contributed by atoms with van der Waals surface area (Å²) < 4.78 is 40.4. The van der Waals surface area contributed by atoms with E-state index in [-0.39, 0.29) is 10.6 Å². The molecular formula is C14H8ClF3O2. The summed E-state index contributed by atoms with van der Waals surface area (Å²) in [6, 6.07) is 11.7. The molecule has 2 aromatic carbocycles. The number of rotatable bonds is 3. The zero-order valence-electron chi connectivity index (χ0n) is 9.95. The van der Waals surface area contributed by atoms with Crippen molar-refractivity contribution in [3.63, 3.8) is 0 Å². The number of hydrogen-bond acceptors (Lipinski definition) is 2. The molecule has 20 heavy (non-hydrogen) atoms. The molecule has 0 aliphatic heterocycles. The van der Waals surface area contributed by atoms with E-state index in [9.17, 15) is 18.0 Å². The Kier molecular flexibility index (Phi) is 3.99. The van der Waals surface area contributed by atoms with Gasteiger partial charge in [-0.05, 0) is 18.2 Å². The highest BCUT2D eigenvalue weighted by Gasteiger charge is 2.32. The van der Waals surface area contributed by atoms with Crippen molar-refractivity contribution >= 4 is 17.4 Å². The summed E-state index contributed by atoms with van der Waals surface area (Å²) in [4.78, 5) is 12.1. The van der Waals surface area contributed by atoms with Crippen LogP contribution in [0.1, 0.15) is 15.9 Å². The molecule has 0 fully saturated rings. The minimum Gasteiger partial charge on any atom is -0.404 e. The number of carbonyl (C=O) groups excluding carboxylic acids is 1. The number of alkyl halides is 3. The summed E-state index contributed by atoms with van der Waals surface area (Å²) in [7, 11) is 0. The molecule has 0 aliphatic carbocycles. The lowest BCUT2D eigenvalue weighted by molar-refractivity contribution is -0.274. The van der Waals surface area contributed by atoms with Gasteiger partial charge in [0.2, 0.25) is 0 Å². The average molecular weight is 301 g/mol. The third kappa shape index (κ3) is 3.51. The maximum atomic E-state index is 12.2. The van der Waals surface area contributed by atoms with Crippen LogP contribution in [0.5, 0.6) is 5.75 Å². The SMILES string of the molecule is O=C(c1ccccc1)c1ccc(Cl)c(OC(F)(F)F)c1.